The molecule has 2 amide bonds. The van der Waals surface area contributed by atoms with E-state index in [1.54, 1.807) is 18.2 Å². The van der Waals surface area contributed by atoms with Gasteiger partial charge in [0.25, 0.3) is 0 Å². The van der Waals surface area contributed by atoms with Crippen molar-refractivity contribution in [3.05, 3.63) is 52.5 Å². The van der Waals surface area contributed by atoms with Crippen LogP contribution in [0.3, 0.4) is 0 Å². The molecule has 0 unspecified atom stereocenters. The number of benzene rings is 2. The number of hydrogen-bond acceptors (Lipinski definition) is 5. The van der Waals surface area contributed by atoms with Crippen molar-refractivity contribution >= 4 is 39.6 Å². The zero-order chi connectivity index (χ0) is 20.4. The van der Waals surface area contributed by atoms with Crippen LogP contribution in [-0.2, 0) is 9.59 Å². The van der Waals surface area contributed by atoms with Crippen LogP contribution < -0.4 is 20.2 Å². The lowest BCUT2D eigenvalue weighted by molar-refractivity contribution is -0.124. The van der Waals surface area contributed by atoms with Gasteiger partial charge in [0.2, 0.25) is 11.8 Å². The summed E-state index contributed by atoms with van der Waals surface area (Å²) in [5.74, 6) is 0.581. The molecule has 2 aromatic rings. The van der Waals surface area contributed by atoms with Crippen molar-refractivity contribution < 1.29 is 19.1 Å². The molecule has 0 saturated heterocycles. The fourth-order valence-electron chi connectivity index (χ4n) is 2.32. The third-order valence-electron chi connectivity index (χ3n) is 3.62. The van der Waals surface area contributed by atoms with Crippen LogP contribution >= 0.6 is 15.9 Å². The highest BCUT2D eigenvalue weighted by atomic mass is 79.9. The number of para-hydroxylation sites is 2. The highest BCUT2D eigenvalue weighted by Gasteiger charge is 2.09. The summed E-state index contributed by atoms with van der Waals surface area (Å²) in [5, 5.41) is 6.66. The second-order valence-electron chi connectivity index (χ2n) is 5.66. The zero-order valence-electron chi connectivity index (χ0n) is 15.7. The van der Waals surface area contributed by atoms with E-state index in [2.05, 4.69) is 31.8 Å². The molecular formula is C20H22BrN3O4. The molecule has 0 aliphatic carbocycles. The fourth-order valence-corrected chi connectivity index (χ4v) is 2.70. The van der Waals surface area contributed by atoms with Gasteiger partial charge in [-0.3, -0.25) is 9.59 Å². The van der Waals surface area contributed by atoms with Gasteiger partial charge in [-0.05, 0) is 37.3 Å². The Hall–Kier alpha value is -2.87. The second kappa shape index (κ2) is 11.1. The van der Waals surface area contributed by atoms with E-state index in [0.717, 1.165) is 10.0 Å². The predicted molar refractivity (Wildman–Crippen MR) is 112 cm³/mol. The van der Waals surface area contributed by atoms with E-state index in [-0.39, 0.29) is 24.7 Å². The smallest absolute Gasteiger partial charge is 0.240 e. The quantitative estimate of drug-likeness (QED) is 0.452. The summed E-state index contributed by atoms with van der Waals surface area (Å²) in [6.07, 6.45) is 1.54. The molecule has 8 heteroatoms. The molecule has 2 aromatic carbocycles. The Kier molecular flexibility index (Phi) is 8.48. The lowest BCUT2D eigenvalue weighted by Crippen LogP contribution is -2.20. The molecule has 2 N–H and O–H groups in total. The van der Waals surface area contributed by atoms with Crippen LogP contribution in [0.5, 0.6) is 11.5 Å². The Balaban J connectivity index is 1.83. The number of nitrogens with one attached hydrogen (secondary N) is 2. The predicted octanol–water partition coefficient (Wildman–Crippen LogP) is 3.73. The Morgan fingerprint density at radius 2 is 1.86 bits per heavy atom. The number of hydrogen-bond donors (Lipinski definition) is 2. The summed E-state index contributed by atoms with van der Waals surface area (Å²) in [6, 6.07) is 12.6. The average molecular weight is 448 g/mol. The van der Waals surface area contributed by atoms with Crippen LogP contribution in [-0.4, -0.2) is 31.7 Å². The van der Waals surface area contributed by atoms with Gasteiger partial charge in [0.1, 0.15) is 11.5 Å². The number of amides is 2. The molecule has 0 saturated carbocycles. The van der Waals surface area contributed by atoms with E-state index in [9.17, 15) is 9.59 Å². The number of ether oxygens (including phenoxy) is 2. The van der Waals surface area contributed by atoms with Crippen LogP contribution in [0.4, 0.5) is 5.69 Å². The summed E-state index contributed by atoms with van der Waals surface area (Å²) >= 11 is 3.39. The topological polar surface area (TPSA) is 89.0 Å². The van der Waals surface area contributed by atoms with Gasteiger partial charge in [0, 0.05) is 22.9 Å². The van der Waals surface area contributed by atoms with E-state index in [1.165, 1.54) is 13.3 Å². The molecule has 0 heterocycles. The molecule has 0 fully saturated rings. The minimum absolute atomic E-state index is 0.00905. The number of methoxy groups -OCH3 is 1. The van der Waals surface area contributed by atoms with Crippen molar-refractivity contribution in [1.29, 1.82) is 0 Å². The molecule has 0 radical (unpaired) electrons. The molecule has 0 aromatic heterocycles. The number of rotatable bonds is 9. The van der Waals surface area contributed by atoms with Crippen molar-refractivity contribution in [3.63, 3.8) is 0 Å². The normalized spacial score (nSPS) is 10.5. The molecule has 28 heavy (non-hydrogen) atoms. The van der Waals surface area contributed by atoms with Crippen LogP contribution in [0.2, 0.25) is 0 Å². The Morgan fingerprint density at radius 3 is 2.61 bits per heavy atom. The first-order valence-corrected chi connectivity index (χ1v) is 9.50. The first kappa shape index (κ1) is 21.4. The lowest BCUT2D eigenvalue weighted by atomic mass is 10.2. The number of anilines is 1. The van der Waals surface area contributed by atoms with Gasteiger partial charge in [-0.15, -0.1) is 0 Å². The van der Waals surface area contributed by atoms with Crippen molar-refractivity contribution in [3.8, 4) is 11.5 Å². The zero-order valence-corrected chi connectivity index (χ0v) is 17.3. The van der Waals surface area contributed by atoms with Crippen LogP contribution in [0, 0.1) is 0 Å². The maximum Gasteiger partial charge on any atom is 0.240 e. The average Bonchev–Trinajstić information content (AvgIpc) is 2.69. The summed E-state index contributed by atoms with van der Waals surface area (Å²) in [5.41, 5.74) is 3.71. The third kappa shape index (κ3) is 6.70. The van der Waals surface area contributed by atoms with E-state index in [4.69, 9.17) is 9.47 Å². The Morgan fingerprint density at radius 1 is 1.11 bits per heavy atom. The van der Waals surface area contributed by atoms with E-state index in [1.807, 2.05) is 31.2 Å². The Bertz CT molecular complexity index is 855. The maximum atomic E-state index is 12.0. The van der Waals surface area contributed by atoms with Crippen molar-refractivity contribution in [2.75, 3.05) is 19.0 Å². The number of halogens is 1. The van der Waals surface area contributed by atoms with Gasteiger partial charge in [0.15, 0.2) is 0 Å². The van der Waals surface area contributed by atoms with Gasteiger partial charge < -0.3 is 14.8 Å². The first-order chi connectivity index (χ1) is 13.5. The summed E-state index contributed by atoms with van der Waals surface area (Å²) in [6.45, 7) is 2.41. The number of carbonyl (C=O) groups excluding carboxylic acids is 2. The fraction of sp³-hybridized carbons (Fsp3) is 0.250. The van der Waals surface area contributed by atoms with Crippen molar-refractivity contribution in [2.45, 2.75) is 19.8 Å². The molecule has 7 nitrogen and oxygen atoms in total. The van der Waals surface area contributed by atoms with Gasteiger partial charge in [0.05, 0.1) is 25.6 Å². The molecule has 0 atom stereocenters. The largest absolute Gasteiger partial charge is 0.495 e. The molecule has 0 bridgehead atoms. The van der Waals surface area contributed by atoms with E-state index >= 15 is 0 Å². The van der Waals surface area contributed by atoms with Crippen LogP contribution in [0.1, 0.15) is 25.3 Å². The highest BCUT2D eigenvalue weighted by Crippen LogP contribution is 2.23. The third-order valence-corrected chi connectivity index (χ3v) is 4.12. The standard InChI is InChI=1S/C20H22BrN3O4/c1-3-28-17-9-8-15(21)12-14(17)13-22-24-20(26)11-10-19(25)23-16-6-4-5-7-18(16)27-2/h4-9,12-13H,3,10-11H2,1-2H3,(H,23,25)(H,24,26). The SMILES string of the molecule is CCOc1ccc(Br)cc1C=NNC(=O)CCC(=O)Nc1ccccc1OC. The molecule has 0 aliphatic rings. The van der Waals surface area contributed by atoms with Gasteiger partial charge in [-0.2, -0.15) is 5.10 Å². The van der Waals surface area contributed by atoms with E-state index < -0.39 is 0 Å². The van der Waals surface area contributed by atoms with Crippen LogP contribution in [0.15, 0.2) is 52.0 Å². The molecule has 0 spiro atoms. The van der Waals surface area contributed by atoms with Crippen LogP contribution in [0.25, 0.3) is 0 Å². The Labute approximate surface area is 172 Å². The summed E-state index contributed by atoms with van der Waals surface area (Å²) in [4.78, 5) is 23.9. The minimum Gasteiger partial charge on any atom is -0.495 e. The molecule has 2 rings (SSSR count). The second-order valence-corrected chi connectivity index (χ2v) is 6.57. The minimum atomic E-state index is -0.362. The highest BCUT2D eigenvalue weighted by molar-refractivity contribution is 9.10. The van der Waals surface area contributed by atoms with Gasteiger partial charge in [-0.1, -0.05) is 28.1 Å². The summed E-state index contributed by atoms with van der Waals surface area (Å²) < 4.78 is 11.6. The van der Waals surface area contributed by atoms with Gasteiger partial charge in [-0.25, -0.2) is 5.43 Å². The number of hydrazone groups is 1. The lowest BCUT2D eigenvalue weighted by Gasteiger charge is -2.09. The number of nitrogens with zero attached hydrogens (tertiary/aromatic N) is 1. The van der Waals surface area contributed by atoms with Crippen molar-refractivity contribution in [1.82, 2.24) is 5.43 Å². The first-order valence-electron chi connectivity index (χ1n) is 8.70. The number of carbonyl (C=O) groups is 2. The monoisotopic (exact) mass is 447 g/mol. The summed E-state index contributed by atoms with van der Waals surface area (Å²) in [7, 11) is 1.53. The molecule has 0 aliphatic heterocycles. The van der Waals surface area contributed by atoms with Gasteiger partial charge >= 0.3 is 0 Å². The molecular weight excluding hydrogens is 426 g/mol. The van der Waals surface area contributed by atoms with Crippen molar-refractivity contribution in [2.24, 2.45) is 5.10 Å². The maximum absolute atomic E-state index is 12.0. The molecule has 148 valence electrons. The van der Waals surface area contributed by atoms with E-state index in [0.29, 0.717) is 23.8 Å².